The van der Waals surface area contributed by atoms with Gasteiger partial charge >= 0.3 is 6.09 Å². The number of hydrogen-bond acceptors (Lipinski definition) is 5. The fourth-order valence-electron chi connectivity index (χ4n) is 3.48. The second kappa shape index (κ2) is 10.7. The van der Waals surface area contributed by atoms with Gasteiger partial charge in [0.25, 0.3) is 0 Å². The number of halogens is 1. The number of benzene rings is 1. The lowest BCUT2D eigenvalue weighted by Gasteiger charge is -2.31. The molecule has 4 amide bonds. The number of carbonyl (C=O) groups excluding carboxylic acids is 4. The Morgan fingerprint density at radius 2 is 1.88 bits per heavy atom. The Hall–Kier alpha value is -2.81. The van der Waals surface area contributed by atoms with Crippen molar-refractivity contribution in [1.29, 1.82) is 0 Å². The largest absolute Gasteiger partial charge is 0.444 e. The summed E-state index contributed by atoms with van der Waals surface area (Å²) >= 11 is 6.34. The van der Waals surface area contributed by atoms with Crippen LogP contribution in [0.5, 0.6) is 0 Å². The van der Waals surface area contributed by atoms with Gasteiger partial charge in [0, 0.05) is 20.1 Å². The van der Waals surface area contributed by atoms with Crippen LogP contribution in [0.4, 0.5) is 4.79 Å². The van der Waals surface area contributed by atoms with Crippen LogP contribution in [0.15, 0.2) is 30.3 Å². The van der Waals surface area contributed by atoms with Gasteiger partial charge in [-0.25, -0.2) is 4.79 Å². The van der Waals surface area contributed by atoms with Crippen LogP contribution in [0.1, 0.15) is 44.6 Å². The molecule has 0 aromatic heterocycles. The van der Waals surface area contributed by atoms with E-state index in [-0.39, 0.29) is 6.54 Å². The summed E-state index contributed by atoms with van der Waals surface area (Å²) < 4.78 is 5.27. The van der Waals surface area contributed by atoms with Crippen molar-refractivity contribution in [1.82, 2.24) is 15.1 Å². The number of likely N-dealkylation sites (N-methyl/N-ethyl adjacent to an activating group) is 1. The quantitative estimate of drug-likeness (QED) is 0.593. The maximum absolute atomic E-state index is 13.2. The third kappa shape index (κ3) is 6.85. The highest BCUT2D eigenvalue weighted by molar-refractivity contribution is 6.30. The van der Waals surface area contributed by atoms with Gasteiger partial charge < -0.3 is 25.6 Å². The van der Waals surface area contributed by atoms with Crippen molar-refractivity contribution in [3.63, 3.8) is 0 Å². The number of rotatable bonds is 7. The Bertz CT molecular complexity index is 842. The number of carbonyl (C=O) groups is 4. The molecule has 0 saturated carbocycles. The van der Waals surface area contributed by atoms with E-state index in [9.17, 15) is 19.2 Å². The monoisotopic (exact) mass is 466 g/mol. The highest BCUT2D eigenvalue weighted by atomic mass is 35.5. The second-order valence-corrected chi connectivity index (χ2v) is 9.22. The summed E-state index contributed by atoms with van der Waals surface area (Å²) in [6.07, 6.45) is 0.259. The SMILES string of the molecule is CN(C[C@H](NC(=O)OC(C)(C)C)C(=O)N1CCC[C@H]1C(N)=O)C(=O)C(Cl)c1ccccc1. The summed E-state index contributed by atoms with van der Waals surface area (Å²) in [6.45, 7) is 5.26. The molecule has 32 heavy (non-hydrogen) atoms. The van der Waals surface area contributed by atoms with Gasteiger partial charge in [-0.2, -0.15) is 0 Å². The summed E-state index contributed by atoms with van der Waals surface area (Å²) in [5.74, 6) is -1.56. The maximum atomic E-state index is 13.2. The van der Waals surface area contributed by atoms with E-state index in [4.69, 9.17) is 22.1 Å². The number of ether oxygens (including phenoxy) is 1. The maximum Gasteiger partial charge on any atom is 0.408 e. The predicted molar refractivity (Wildman–Crippen MR) is 120 cm³/mol. The third-order valence-corrected chi connectivity index (χ3v) is 5.43. The van der Waals surface area contributed by atoms with E-state index in [0.717, 1.165) is 0 Å². The van der Waals surface area contributed by atoms with E-state index in [0.29, 0.717) is 24.9 Å². The van der Waals surface area contributed by atoms with Gasteiger partial charge in [-0.15, -0.1) is 11.6 Å². The number of nitrogens with one attached hydrogen (secondary N) is 1. The van der Waals surface area contributed by atoms with E-state index >= 15 is 0 Å². The number of hydrogen-bond donors (Lipinski definition) is 2. The van der Waals surface area contributed by atoms with E-state index in [1.807, 2.05) is 6.07 Å². The summed E-state index contributed by atoms with van der Waals surface area (Å²) in [7, 11) is 1.49. The molecule has 1 heterocycles. The number of primary amides is 1. The van der Waals surface area contributed by atoms with E-state index in [1.165, 1.54) is 16.8 Å². The molecule has 0 aliphatic carbocycles. The predicted octanol–water partition coefficient (Wildman–Crippen LogP) is 1.79. The van der Waals surface area contributed by atoms with Gasteiger partial charge in [-0.05, 0) is 39.2 Å². The van der Waals surface area contributed by atoms with Crippen molar-refractivity contribution in [3.8, 4) is 0 Å². The third-order valence-electron chi connectivity index (χ3n) is 5.00. The lowest BCUT2D eigenvalue weighted by atomic mass is 10.1. The molecule has 1 unspecified atom stereocenters. The first-order chi connectivity index (χ1) is 14.9. The minimum Gasteiger partial charge on any atom is -0.444 e. The van der Waals surface area contributed by atoms with Crippen molar-refractivity contribution in [2.45, 2.75) is 56.7 Å². The van der Waals surface area contributed by atoms with Crippen LogP contribution < -0.4 is 11.1 Å². The van der Waals surface area contributed by atoms with Crippen molar-refractivity contribution < 1.29 is 23.9 Å². The van der Waals surface area contributed by atoms with Crippen LogP contribution in [0.3, 0.4) is 0 Å². The first kappa shape index (κ1) is 25.5. The lowest BCUT2D eigenvalue weighted by Crippen LogP contribution is -2.57. The summed E-state index contributed by atoms with van der Waals surface area (Å²) in [5.41, 5.74) is 5.27. The van der Waals surface area contributed by atoms with E-state index in [1.54, 1.807) is 45.0 Å². The summed E-state index contributed by atoms with van der Waals surface area (Å²) in [5, 5.41) is 1.58. The normalized spacial score (nSPS) is 17.9. The summed E-state index contributed by atoms with van der Waals surface area (Å²) in [4.78, 5) is 52.9. The minimum atomic E-state index is -1.14. The molecule has 0 radical (unpaired) electrons. The number of likely N-dealkylation sites (tertiary alicyclic amines) is 1. The molecule has 1 aromatic carbocycles. The first-order valence-corrected chi connectivity index (χ1v) is 10.9. The molecule has 1 aliphatic rings. The Balaban J connectivity index is 2.19. The van der Waals surface area contributed by atoms with Gasteiger partial charge in [0.2, 0.25) is 17.7 Å². The van der Waals surface area contributed by atoms with Gasteiger partial charge in [-0.1, -0.05) is 30.3 Å². The molecule has 1 fully saturated rings. The zero-order valence-electron chi connectivity index (χ0n) is 18.8. The van der Waals surface area contributed by atoms with Gasteiger partial charge in [0.15, 0.2) is 0 Å². The van der Waals surface area contributed by atoms with Gasteiger partial charge in [0.05, 0.1) is 0 Å². The molecular formula is C22H31ClN4O5. The Morgan fingerprint density at radius 1 is 1.25 bits per heavy atom. The molecule has 2 rings (SSSR count). The average Bonchev–Trinajstić information content (AvgIpc) is 3.21. The van der Waals surface area contributed by atoms with Crippen molar-refractivity contribution in [2.75, 3.05) is 20.1 Å². The summed E-state index contributed by atoms with van der Waals surface area (Å²) in [6, 6.07) is 6.91. The topological polar surface area (TPSA) is 122 Å². The smallest absolute Gasteiger partial charge is 0.408 e. The standard InChI is InChI=1S/C22H31ClN4O5/c1-22(2,3)32-21(31)25-15(19(29)27-12-8-11-16(27)18(24)28)13-26(4)20(30)17(23)14-9-6-5-7-10-14/h5-7,9-10,15-17H,8,11-13H2,1-4H3,(H2,24,28)(H,25,31)/t15-,16-,17?/m0/s1. The van der Waals surface area contributed by atoms with Crippen molar-refractivity contribution in [2.24, 2.45) is 5.73 Å². The van der Waals surface area contributed by atoms with Crippen LogP contribution in [-0.2, 0) is 19.1 Å². The number of alkyl carbamates (subject to hydrolysis) is 1. The molecule has 1 aliphatic heterocycles. The molecule has 10 heteroatoms. The Labute approximate surface area is 193 Å². The second-order valence-electron chi connectivity index (χ2n) is 8.78. The molecule has 176 valence electrons. The fourth-order valence-corrected chi connectivity index (χ4v) is 3.80. The molecule has 1 saturated heterocycles. The van der Waals surface area contributed by atoms with Crippen LogP contribution in [0.2, 0.25) is 0 Å². The first-order valence-electron chi connectivity index (χ1n) is 10.4. The molecule has 9 nitrogen and oxygen atoms in total. The Kier molecular flexibility index (Phi) is 8.49. The molecule has 3 N–H and O–H groups in total. The van der Waals surface area contributed by atoms with E-state index in [2.05, 4.69) is 5.32 Å². The number of alkyl halides is 1. The molecule has 3 atom stereocenters. The molecule has 1 aromatic rings. The number of nitrogens with two attached hydrogens (primary N) is 1. The Morgan fingerprint density at radius 3 is 2.44 bits per heavy atom. The number of nitrogens with zero attached hydrogens (tertiary/aromatic N) is 2. The van der Waals surface area contributed by atoms with Crippen molar-refractivity contribution >= 4 is 35.4 Å². The highest BCUT2D eigenvalue weighted by Gasteiger charge is 2.38. The average molecular weight is 467 g/mol. The van der Waals surface area contributed by atoms with E-state index < -0.39 is 46.9 Å². The zero-order chi connectivity index (χ0) is 24.1. The van der Waals surface area contributed by atoms with Crippen LogP contribution in [0.25, 0.3) is 0 Å². The highest BCUT2D eigenvalue weighted by Crippen LogP contribution is 2.23. The van der Waals surface area contributed by atoms with Crippen molar-refractivity contribution in [3.05, 3.63) is 35.9 Å². The van der Waals surface area contributed by atoms with Crippen LogP contribution >= 0.6 is 11.6 Å². The van der Waals surface area contributed by atoms with Gasteiger partial charge in [0.1, 0.15) is 23.1 Å². The van der Waals surface area contributed by atoms with Crippen LogP contribution in [0, 0.1) is 0 Å². The van der Waals surface area contributed by atoms with Gasteiger partial charge in [-0.3, -0.25) is 14.4 Å². The molecular weight excluding hydrogens is 436 g/mol. The minimum absolute atomic E-state index is 0.158. The number of amides is 4. The molecule has 0 bridgehead atoms. The fraction of sp³-hybridized carbons (Fsp3) is 0.545. The van der Waals surface area contributed by atoms with Crippen LogP contribution in [-0.4, -0.2) is 71.4 Å². The molecule has 0 spiro atoms. The lowest BCUT2D eigenvalue weighted by molar-refractivity contribution is -0.140. The zero-order valence-corrected chi connectivity index (χ0v) is 19.6.